The van der Waals surface area contributed by atoms with Crippen molar-refractivity contribution in [1.29, 1.82) is 0 Å². The van der Waals surface area contributed by atoms with Gasteiger partial charge in [-0.3, -0.25) is 14.9 Å². The van der Waals surface area contributed by atoms with Gasteiger partial charge in [-0.05, 0) is 54.8 Å². The number of esters is 2. The van der Waals surface area contributed by atoms with Gasteiger partial charge in [0.1, 0.15) is 6.61 Å². The van der Waals surface area contributed by atoms with E-state index in [9.17, 15) is 14.4 Å². The average molecular weight is 403 g/mol. The molecule has 1 aromatic rings. The van der Waals surface area contributed by atoms with Gasteiger partial charge in [-0.2, -0.15) is 5.10 Å². The molecule has 1 saturated heterocycles. The first-order valence-corrected chi connectivity index (χ1v) is 9.17. The van der Waals surface area contributed by atoms with Crippen molar-refractivity contribution in [3.05, 3.63) is 44.9 Å². The van der Waals surface area contributed by atoms with Crippen molar-refractivity contribution in [2.24, 2.45) is 10.2 Å². The second kappa shape index (κ2) is 9.32. The quantitative estimate of drug-likeness (QED) is 0.350. The number of nitrogens with zero attached hydrogens (tertiary/aromatic N) is 2. The topological polar surface area (TPSA) is 106 Å². The summed E-state index contributed by atoms with van der Waals surface area (Å²) in [6.07, 6.45) is 2.69. The molecule has 28 heavy (non-hydrogen) atoms. The molecule has 0 bridgehead atoms. The minimum atomic E-state index is -0.617. The number of rotatable bonds is 5. The van der Waals surface area contributed by atoms with Crippen LogP contribution in [0.15, 0.2) is 27.3 Å². The molecule has 0 spiro atoms. The van der Waals surface area contributed by atoms with Crippen LogP contribution >= 0.6 is 11.8 Å². The number of ether oxygens (including phenoxy) is 2. The third-order valence-corrected chi connectivity index (χ3v) is 4.95. The van der Waals surface area contributed by atoms with Crippen LogP contribution in [0.4, 0.5) is 0 Å². The first-order chi connectivity index (χ1) is 13.2. The lowest BCUT2D eigenvalue weighted by molar-refractivity contribution is -0.142. The van der Waals surface area contributed by atoms with Gasteiger partial charge in [-0.15, -0.1) is 5.10 Å². The van der Waals surface area contributed by atoms with Gasteiger partial charge in [-0.1, -0.05) is 6.07 Å². The minimum Gasteiger partial charge on any atom is -0.466 e. The molecule has 0 saturated carbocycles. The molecule has 1 N–H and O–H groups in total. The molecule has 148 valence electrons. The highest BCUT2D eigenvalue weighted by atomic mass is 32.2. The fourth-order valence-electron chi connectivity index (χ4n) is 2.62. The van der Waals surface area contributed by atoms with E-state index in [0.717, 1.165) is 45.7 Å². The zero-order valence-corrected chi connectivity index (χ0v) is 17.1. The fraction of sp³-hybridized carbons (Fsp3) is 0.316. The van der Waals surface area contributed by atoms with Crippen molar-refractivity contribution < 1.29 is 23.9 Å². The van der Waals surface area contributed by atoms with Crippen LogP contribution in [0.25, 0.3) is 0 Å². The Bertz CT molecular complexity index is 919. The van der Waals surface area contributed by atoms with Crippen LogP contribution in [0.2, 0.25) is 0 Å². The van der Waals surface area contributed by atoms with E-state index < -0.39 is 11.9 Å². The Hall–Kier alpha value is -2.94. The molecule has 0 aliphatic carbocycles. The summed E-state index contributed by atoms with van der Waals surface area (Å²) in [7, 11) is 1.23. The van der Waals surface area contributed by atoms with E-state index in [1.54, 1.807) is 6.21 Å². The van der Waals surface area contributed by atoms with E-state index >= 15 is 0 Å². The number of hydrogen-bond donors (Lipinski definition) is 1. The first kappa shape index (κ1) is 21.4. The average Bonchev–Trinajstić information content (AvgIpc) is 2.96. The van der Waals surface area contributed by atoms with Gasteiger partial charge >= 0.3 is 11.9 Å². The molecular formula is C19H21N3O5S. The Morgan fingerprint density at radius 2 is 1.96 bits per heavy atom. The second-order valence-electron chi connectivity index (χ2n) is 6.05. The van der Waals surface area contributed by atoms with Crippen molar-refractivity contribution in [2.75, 3.05) is 7.11 Å². The highest BCUT2D eigenvalue weighted by molar-refractivity contribution is 8.18. The molecule has 0 atom stereocenters. The lowest BCUT2D eigenvalue weighted by Crippen LogP contribution is -2.19. The van der Waals surface area contributed by atoms with Gasteiger partial charge in [0.15, 0.2) is 5.17 Å². The molecule has 1 aromatic carbocycles. The smallest absolute Gasteiger partial charge is 0.331 e. The van der Waals surface area contributed by atoms with Crippen LogP contribution in [0.3, 0.4) is 0 Å². The van der Waals surface area contributed by atoms with E-state index in [0.29, 0.717) is 0 Å². The predicted octanol–water partition coefficient (Wildman–Crippen LogP) is 2.28. The third kappa shape index (κ3) is 5.29. The highest BCUT2D eigenvalue weighted by Gasteiger charge is 2.25. The fourth-order valence-corrected chi connectivity index (χ4v) is 3.36. The summed E-state index contributed by atoms with van der Waals surface area (Å²) >= 11 is 1.00. The van der Waals surface area contributed by atoms with Gasteiger partial charge < -0.3 is 9.47 Å². The molecule has 1 aliphatic heterocycles. The number of amides is 1. The number of methoxy groups -OCH3 is 1. The lowest BCUT2D eigenvalue weighted by Gasteiger charge is -2.14. The summed E-state index contributed by atoms with van der Waals surface area (Å²) in [6.45, 7) is 7.40. The van der Waals surface area contributed by atoms with Gasteiger partial charge in [0.05, 0.1) is 18.2 Å². The van der Waals surface area contributed by atoms with E-state index in [1.807, 2.05) is 26.8 Å². The van der Waals surface area contributed by atoms with E-state index in [2.05, 4.69) is 20.3 Å². The van der Waals surface area contributed by atoms with Crippen molar-refractivity contribution in [2.45, 2.75) is 34.3 Å². The zero-order chi connectivity index (χ0) is 20.8. The van der Waals surface area contributed by atoms with E-state index in [4.69, 9.17) is 4.74 Å². The number of benzene rings is 1. The highest BCUT2D eigenvalue weighted by Crippen LogP contribution is 2.24. The lowest BCUT2D eigenvalue weighted by atomic mass is 9.94. The molecule has 0 aromatic heterocycles. The molecule has 1 heterocycles. The number of carbonyl (C=O) groups is 3. The van der Waals surface area contributed by atoms with Gasteiger partial charge in [0, 0.05) is 18.6 Å². The Balaban J connectivity index is 2.22. The molecule has 1 fully saturated rings. The van der Waals surface area contributed by atoms with Gasteiger partial charge in [0.2, 0.25) is 0 Å². The molecule has 2 rings (SSSR count). The van der Waals surface area contributed by atoms with Crippen LogP contribution < -0.4 is 5.32 Å². The maximum absolute atomic E-state index is 11.8. The summed E-state index contributed by atoms with van der Waals surface area (Å²) in [5, 5.41) is 10.8. The summed E-state index contributed by atoms with van der Waals surface area (Å²) in [5.74, 6) is -1.39. The second-order valence-corrected chi connectivity index (χ2v) is 7.08. The molecule has 9 heteroatoms. The molecule has 1 amide bonds. The van der Waals surface area contributed by atoms with Gasteiger partial charge in [-0.25, -0.2) is 4.79 Å². The van der Waals surface area contributed by atoms with Crippen molar-refractivity contribution in [1.82, 2.24) is 5.32 Å². The zero-order valence-electron chi connectivity index (χ0n) is 16.3. The van der Waals surface area contributed by atoms with E-state index in [1.165, 1.54) is 14.0 Å². The molecular weight excluding hydrogens is 382 g/mol. The largest absolute Gasteiger partial charge is 0.466 e. The SMILES string of the molecule is COC(=O)/C=C1/S/C(=N\N=Cc2c(C)cc(C)c(COC(C)=O)c2C)NC1=O. The third-order valence-electron chi connectivity index (χ3n) is 4.05. The monoisotopic (exact) mass is 403 g/mol. The molecule has 1 aliphatic rings. The Kier molecular flexibility index (Phi) is 7.11. The van der Waals surface area contributed by atoms with Crippen molar-refractivity contribution in [3.8, 4) is 0 Å². The van der Waals surface area contributed by atoms with E-state index in [-0.39, 0.29) is 22.6 Å². The number of hydrogen-bond acceptors (Lipinski definition) is 8. The van der Waals surface area contributed by atoms with Crippen LogP contribution in [0, 0.1) is 20.8 Å². The molecule has 0 unspecified atom stereocenters. The molecule has 0 radical (unpaired) electrons. The predicted molar refractivity (Wildman–Crippen MR) is 107 cm³/mol. The first-order valence-electron chi connectivity index (χ1n) is 8.35. The number of aryl methyl sites for hydroxylation is 2. The van der Waals surface area contributed by atoms with Crippen molar-refractivity contribution >= 4 is 41.0 Å². The van der Waals surface area contributed by atoms with Crippen molar-refractivity contribution in [3.63, 3.8) is 0 Å². The van der Waals surface area contributed by atoms with Crippen LogP contribution in [-0.2, 0) is 30.5 Å². The standard InChI is InChI=1S/C19H21N3O5S/c1-10-6-11(2)15(9-27-13(4)23)12(3)14(10)8-20-22-19-21-18(25)16(28-19)7-17(24)26-5/h6-8H,9H2,1-5H3,(H,21,22,25)/b16-7+,20-8?. The number of carbonyl (C=O) groups excluding carboxylic acids is 3. The van der Waals surface area contributed by atoms with Crippen LogP contribution in [0.5, 0.6) is 0 Å². The number of amidine groups is 1. The summed E-state index contributed by atoms with van der Waals surface area (Å²) in [5.41, 5.74) is 4.74. The van der Waals surface area contributed by atoms with Crippen LogP contribution in [-0.4, -0.2) is 36.3 Å². The maximum Gasteiger partial charge on any atom is 0.331 e. The Morgan fingerprint density at radius 1 is 1.25 bits per heavy atom. The summed E-state index contributed by atoms with van der Waals surface area (Å²) in [6, 6.07) is 1.99. The molecule has 8 nitrogen and oxygen atoms in total. The number of nitrogens with one attached hydrogen (secondary N) is 1. The van der Waals surface area contributed by atoms with Gasteiger partial charge in [0.25, 0.3) is 5.91 Å². The Labute approximate surface area is 167 Å². The minimum absolute atomic E-state index is 0.187. The van der Waals surface area contributed by atoms with Crippen LogP contribution in [0.1, 0.15) is 34.7 Å². The maximum atomic E-state index is 11.8. The Morgan fingerprint density at radius 3 is 2.61 bits per heavy atom. The normalized spacial score (nSPS) is 16.7. The summed E-state index contributed by atoms with van der Waals surface area (Å²) < 4.78 is 9.64. The summed E-state index contributed by atoms with van der Waals surface area (Å²) in [4.78, 5) is 34.4. The number of thioether (sulfide) groups is 1.